The summed E-state index contributed by atoms with van der Waals surface area (Å²) >= 11 is 0. The number of nitrogens with one attached hydrogen (secondary N) is 1. The lowest BCUT2D eigenvalue weighted by molar-refractivity contribution is -0.385. The average Bonchev–Trinajstić information content (AvgIpc) is 2.34. The van der Waals surface area contributed by atoms with Crippen LogP contribution in [0.25, 0.3) is 0 Å². The number of carbonyl (C=O) groups is 1. The van der Waals surface area contributed by atoms with Crippen LogP contribution in [-0.2, 0) is 4.79 Å². The van der Waals surface area contributed by atoms with Crippen molar-refractivity contribution < 1.29 is 14.5 Å². The van der Waals surface area contributed by atoms with E-state index in [0.29, 0.717) is 6.54 Å². The van der Waals surface area contributed by atoms with Crippen LogP contribution in [0.5, 0.6) is 5.75 Å². The lowest BCUT2D eigenvalue weighted by Crippen LogP contribution is -2.31. The molecule has 0 fully saturated rings. The third-order valence-electron chi connectivity index (χ3n) is 2.87. The van der Waals surface area contributed by atoms with Crippen molar-refractivity contribution >= 4 is 11.6 Å². The molecule has 0 aromatic heterocycles. The van der Waals surface area contributed by atoms with Gasteiger partial charge in [-0.15, -0.1) is 0 Å². The molecule has 0 aliphatic heterocycles. The predicted octanol–water partition coefficient (Wildman–Crippen LogP) is 2.83. The number of nitrogens with zero attached hydrogens (tertiary/aromatic N) is 1. The van der Waals surface area contributed by atoms with Crippen molar-refractivity contribution in [3.05, 3.63) is 33.9 Å². The van der Waals surface area contributed by atoms with E-state index in [9.17, 15) is 14.9 Å². The first kappa shape index (κ1) is 16.9. The van der Waals surface area contributed by atoms with Gasteiger partial charge in [0.2, 0.25) is 0 Å². The van der Waals surface area contributed by atoms with Crippen LogP contribution in [0.2, 0.25) is 0 Å². The normalized spacial score (nSPS) is 11.0. The second-order valence-electron chi connectivity index (χ2n) is 6.18. The molecule has 116 valence electrons. The van der Waals surface area contributed by atoms with Crippen molar-refractivity contribution in [2.45, 2.75) is 34.1 Å². The van der Waals surface area contributed by atoms with Gasteiger partial charge < -0.3 is 10.1 Å². The van der Waals surface area contributed by atoms with E-state index in [-0.39, 0.29) is 29.4 Å². The fraction of sp³-hybridized carbons (Fsp3) is 0.533. The first-order valence-electron chi connectivity index (χ1n) is 6.83. The first-order chi connectivity index (χ1) is 9.69. The smallest absolute Gasteiger partial charge is 0.310 e. The molecule has 0 heterocycles. The van der Waals surface area contributed by atoms with Gasteiger partial charge in [-0.1, -0.05) is 26.8 Å². The number of aryl methyl sites for hydroxylation is 1. The highest BCUT2D eigenvalue weighted by molar-refractivity contribution is 5.77. The van der Waals surface area contributed by atoms with E-state index in [1.807, 2.05) is 0 Å². The molecule has 0 radical (unpaired) electrons. The van der Waals surface area contributed by atoms with Gasteiger partial charge in [-0.05, 0) is 30.4 Å². The number of hydrogen-bond acceptors (Lipinski definition) is 4. The highest BCUT2D eigenvalue weighted by atomic mass is 16.6. The first-order valence-corrected chi connectivity index (χ1v) is 6.83. The molecule has 0 aliphatic carbocycles. The highest BCUT2D eigenvalue weighted by Crippen LogP contribution is 2.27. The van der Waals surface area contributed by atoms with Gasteiger partial charge in [-0.3, -0.25) is 14.9 Å². The molecule has 0 bridgehead atoms. The highest BCUT2D eigenvalue weighted by Gasteiger charge is 2.16. The van der Waals surface area contributed by atoms with Crippen LogP contribution in [0.3, 0.4) is 0 Å². The molecule has 1 N–H and O–H groups in total. The third kappa shape index (κ3) is 6.25. The summed E-state index contributed by atoms with van der Waals surface area (Å²) in [7, 11) is 0. The maximum atomic E-state index is 11.7. The van der Waals surface area contributed by atoms with Crippen molar-refractivity contribution in [1.29, 1.82) is 0 Å². The van der Waals surface area contributed by atoms with Crippen LogP contribution in [0.1, 0.15) is 32.8 Å². The standard InChI is InChI=1S/C15H22N2O4/c1-11-5-6-12(17(19)20)13(9-11)21-10-14(18)16-8-7-15(2,3)4/h5-6,9H,7-8,10H2,1-4H3,(H,16,18). The number of amides is 1. The summed E-state index contributed by atoms with van der Waals surface area (Å²) in [6, 6.07) is 4.57. The van der Waals surface area contributed by atoms with E-state index in [2.05, 4.69) is 26.1 Å². The predicted molar refractivity (Wildman–Crippen MR) is 80.4 cm³/mol. The molecule has 1 rings (SSSR count). The van der Waals surface area contributed by atoms with Crippen LogP contribution in [-0.4, -0.2) is 24.0 Å². The molecule has 1 aromatic rings. The SMILES string of the molecule is Cc1ccc([N+](=O)[O-])c(OCC(=O)NCCC(C)(C)C)c1. The van der Waals surface area contributed by atoms with E-state index >= 15 is 0 Å². The summed E-state index contributed by atoms with van der Waals surface area (Å²) in [5.41, 5.74) is 0.843. The minimum atomic E-state index is -0.522. The molecule has 0 atom stereocenters. The second kappa shape index (κ2) is 7.06. The number of ether oxygens (including phenoxy) is 1. The van der Waals surface area contributed by atoms with Crippen LogP contribution in [0.4, 0.5) is 5.69 Å². The largest absolute Gasteiger partial charge is 0.477 e. The topological polar surface area (TPSA) is 81.5 Å². The Morgan fingerprint density at radius 1 is 1.38 bits per heavy atom. The summed E-state index contributed by atoms with van der Waals surface area (Å²) in [5.74, 6) is -0.166. The number of carbonyl (C=O) groups excluding carboxylic acids is 1. The molecule has 0 spiro atoms. The second-order valence-corrected chi connectivity index (χ2v) is 6.18. The Kier molecular flexibility index (Phi) is 5.69. The average molecular weight is 294 g/mol. The van der Waals surface area contributed by atoms with E-state index in [1.54, 1.807) is 19.1 Å². The summed E-state index contributed by atoms with van der Waals surface area (Å²) < 4.78 is 5.27. The minimum Gasteiger partial charge on any atom is -0.477 e. The maximum Gasteiger partial charge on any atom is 0.310 e. The van der Waals surface area contributed by atoms with Gasteiger partial charge in [0.25, 0.3) is 5.91 Å². The zero-order chi connectivity index (χ0) is 16.0. The Hall–Kier alpha value is -2.11. The van der Waals surface area contributed by atoms with Crippen LogP contribution < -0.4 is 10.1 Å². The quantitative estimate of drug-likeness (QED) is 0.646. The molecule has 0 saturated heterocycles. The van der Waals surface area contributed by atoms with Crippen molar-refractivity contribution in [3.63, 3.8) is 0 Å². The molecule has 0 saturated carbocycles. The van der Waals surface area contributed by atoms with Gasteiger partial charge in [-0.2, -0.15) is 0 Å². The molecular formula is C15H22N2O4. The fourth-order valence-corrected chi connectivity index (χ4v) is 1.66. The Labute approximate surface area is 124 Å². The van der Waals surface area contributed by atoms with Gasteiger partial charge in [0, 0.05) is 12.6 Å². The van der Waals surface area contributed by atoms with E-state index in [0.717, 1.165) is 12.0 Å². The molecule has 6 heteroatoms. The number of benzene rings is 1. The zero-order valence-electron chi connectivity index (χ0n) is 12.9. The van der Waals surface area contributed by atoms with Gasteiger partial charge in [0.1, 0.15) is 0 Å². The van der Waals surface area contributed by atoms with Crippen molar-refractivity contribution in [1.82, 2.24) is 5.32 Å². The number of hydrogen-bond donors (Lipinski definition) is 1. The zero-order valence-corrected chi connectivity index (χ0v) is 12.9. The Bertz CT molecular complexity index is 521. The lowest BCUT2D eigenvalue weighted by Gasteiger charge is -2.18. The monoisotopic (exact) mass is 294 g/mol. The fourth-order valence-electron chi connectivity index (χ4n) is 1.66. The summed E-state index contributed by atoms with van der Waals surface area (Å²) in [6.45, 7) is 8.40. The molecule has 1 aromatic carbocycles. The van der Waals surface area contributed by atoms with E-state index in [4.69, 9.17) is 4.74 Å². The van der Waals surface area contributed by atoms with E-state index in [1.165, 1.54) is 6.07 Å². The molecule has 0 unspecified atom stereocenters. The summed E-state index contributed by atoms with van der Waals surface area (Å²) in [5, 5.41) is 13.6. The van der Waals surface area contributed by atoms with Crippen molar-refractivity contribution in [3.8, 4) is 5.75 Å². The lowest BCUT2D eigenvalue weighted by atomic mass is 9.92. The van der Waals surface area contributed by atoms with Gasteiger partial charge >= 0.3 is 5.69 Å². The van der Waals surface area contributed by atoms with Gasteiger partial charge in [0.15, 0.2) is 12.4 Å². The van der Waals surface area contributed by atoms with Crippen molar-refractivity contribution in [2.75, 3.05) is 13.2 Å². The third-order valence-corrected chi connectivity index (χ3v) is 2.87. The van der Waals surface area contributed by atoms with Gasteiger partial charge in [0.05, 0.1) is 4.92 Å². The molecule has 6 nitrogen and oxygen atoms in total. The number of nitro benzene ring substituents is 1. The Morgan fingerprint density at radius 3 is 2.62 bits per heavy atom. The van der Waals surface area contributed by atoms with Crippen LogP contribution >= 0.6 is 0 Å². The number of nitro groups is 1. The molecular weight excluding hydrogens is 272 g/mol. The minimum absolute atomic E-state index is 0.117. The Balaban J connectivity index is 2.53. The molecule has 1 amide bonds. The Morgan fingerprint density at radius 2 is 2.05 bits per heavy atom. The van der Waals surface area contributed by atoms with Crippen LogP contribution in [0.15, 0.2) is 18.2 Å². The van der Waals surface area contributed by atoms with E-state index < -0.39 is 4.92 Å². The summed E-state index contributed by atoms with van der Waals surface area (Å²) in [6.07, 6.45) is 0.851. The van der Waals surface area contributed by atoms with Crippen LogP contribution in [0, 0.1) is 22.5 Å². The molecule has 21 heavy (non-hydrogen) atoms. The number of rotatable bonds is 6. The summed E-state index contributed by atoms with van der Waals surface area (Å²) in [4.78, 5) is 22.0. The molecule has 0 aliphatic rings. The van der Waals surface area contributed by atoms with Gasteiger partial charge in [-0.25, -0.2) is 0 Å². The maximum absolute atomic E-state index is 11.7. The van der Waals surface area contributed by atoms with Crippen molar-refractivity contribution in [2.24, 2.45) is 5.41 Å².